The Morgan fingerprint density at radius 3 is 2.62 bits per heavy atom. The summed E-state index contributed by atoms with van der Waals surface area (Å²) >= 11 is 0. The Morgan fingerprint density at radius 2 is 2.25 bits per heavy atom. The number of nitrogens with zero attached hydrogens (tertiary/aromatic N) is 2. The normalized spacial score (nSPS) is 9.50. The minimum absolute atomic E-state index is 0.135. The zero-order chi connectivity index (χ0) is 12.3. The molecule has 1 N–H and O–H groups in total. The fraction of sp³-hybridized carbons (Fsp3) is 0.200. The van der Waals surface area contributed by atoms with Crippen molar-refractivity contribution in [3.05, 3.63) is 38.9 Å². The third-order valence-electron chi connectivity index (χ3n) is 2.18. The van der Waals surface area contributed by atoms with Gasteiger partial charge in [0.05, 0.1) is 16.1 Å². The summed E-state index contributed by atoms with van der Waals surface area (Å²) < 4.78 is 0. The molecule has 0 spiro atoms. The monoisotopic (exact) mass is 220 g/mol. The molecule has 1 aromatic carbocycles. The summed E-state index contributed by atoms with van der Waals surface area (Å²) in [4.78, 5) is 20.9. The van der Waals surface area contributed by atoms with Gasteiger partial charge in [-0.25, -0.2) is 4.79 Å². The maximum Gasteiger partial charge on any atom is 0.337 e. The second-order valence-electron chi connectivity index (χ2n) is 3.01. The maximum absolute atomic E-state index is 10.8. The number of nitro benzene ring substituents is 1. The molecule has 0 aliphatic carbocycles. The lowest BCUT2D eigenvalue weighted by Gasteiger charge is -2.05. The highest BCUT2D eigenvalue weighted by Crippen LogP contribution is 2.25. The molecule has 0 fully saturated rings. The van der Waals surface area contributed by atoms with Gasteiger partial charge in [-0.15, -0.1) is 0 Å². The van der Waals surface area contributed by atoms with Crippen LogP contribution >= 0.6 is 0 Å². The first-order chi connectivity index (χ1) is 7.52. The highest BCUT2D eigenvalue weighted by atomic mass is 16.6. The van der Waals surface area contributed by atoms with Gasteiger partial charge in [0.15, 0.2) is 0 Å². The SMILES string of the molecule is CCc1c([N+](=O)[O-])ccc(C(=O)O)c1C#N. The maximum atomic E-state index is 10.8. The van der Waals surface area contributed by atoms with E-state index in [0.717, 1.165) is 12.1 Å². The molecule has 0 atom stereocenters. The lowest BCUT2D eigenvalue weighted by molar-refractivity contribution is -0.385. The second-order valence-corrected chi connectivity index (χ2v) is 3.01. The number of carboxylic acid groups (broad SMARTS) is 1. The van der Waals surface area contributed by atoms with Gasteiger partial charge in [-0.05, 0) is 12.5 Å². The van der Waals surface area contributed by atoms with Crippen molar-refractivity contribution in [3.8, 4) is 6.07 Å². The smallest absolute Gasteiger partial charge is 0.337 e. The number of hydrogen-bond donors (Lipinski definition) is 1. The van der Waals surface area contributed by atoms with Crippen LogP contribution in [-0.2, 0) is 6.42 Å². The molecule has 0 unspecified atom stereocenters. The van der Waals surface area contributed by atoms with Gasteiger partial charge in [-0.1, -0.05) is 6.92 Å². The molecule has 6 heteroatoms. The largest absolute Gasteiger partial charge is 0.478 e. The van der Waals surface area contributed by atoms with Crippen molar-refractivity contribution in [1.29, 1.82) is 5.26 Å². The Hall–Kier alpha value is -2.42. The first-order valence-corrected chi connectivity index (χ1v) is 4.46. The highest BCUT2D eigenvalue weighted by molar-refractivity contribution is 5.91. The van der Waals surface area contributed by atoms with E-state index in [4.69, 9.17) is 10.4 Å². The molecular weight excluding hydrogens is 212 g/mol. The van der Waals surface area contributed by atoms with Crippen molar-refractivity contribution in [3.63, 3.8) is 0 Å². The number of nitriles is 1. The third kappa shape index (κ3) is 1.83. The molecule has 0 aliphatic heterocycles. The Bertz CT molecular complexity index is 502. The zero-order valence-electron chi connectivity index (χ0n) is 8.43. The topological polar surface area (TPSA) is 104 Å². The van der Waals surface area contributed by atoms with Crippen LogP contribution < -0.4 is 0 Å². The van der Waals surface area contributed by atoms with Crippen LogP contribution in [0.4, 0.5) is 5.69 Å². The second kappa shape index (κ2) is 4.40. The number of carbonyl (C=O) groups is 1. The van der Waals surface area contributed by atoms with Gasteiger partial charge < -0.3 is 5.11 Å². The fourth-order valence-electron chi connectivity index (χ4n) is 1.47. The van der Waals surface area contributed by atoms with E-state index in [1.807, 2.05) is 0 Å². The van der Waals surface area contributed by atoms with Crippen molar-refractivity contribution in [1.82, 2.24) is 0 Å². The van der Waals surface area contributed by atoms with E-state index in [2.05, 4.69) is 0 Å². The number of nitro groups is 1. The van der Waals surface area contributed by atoms with E-state index < -0.39 is 10.9 Å². The molecule has 6 nitrogen and oxygen atoms in total. The Kier molecular flexibility index (Phi) is 3.20. The standard InChI is InChI=1S/C10H8N2O4/c1-2-6-8(5-11)7(10(13)14)3-4-9(6)12(15)16/h3-4H,2H2,1H3,(H,13,14). The van der Waals surface area contributed by atoms with Gasteiger partial charge in [0.25, 0.3) is 5.69 Å². The molecule has 0 heterocycles. The van der Waals surface area contributed by atoms with Crippen LogP contribution in [0.15, 0.2) is 12.1 Å². The number of aromatic carboxylic acids is 1. The predicted octanol–water partition coefficient (Wildman–Crippen LogP) is 1.73. The number of hydrogen-bond acceptors (Lipinski definition) is 4. The van der Waals surface area contributed by atoms with Crippen LogP contribution in [0.1, 0.15) is 28.4 Å². The van der Waals surface area contributed by atoms with E-state index in [1.54, 1.807) is 13.0 Å². The molecule has 0 saturated carbocycles. The predicted molar refractivity (Wildman–Crippen MR) is 54.1 cm³/mol. The highest BCUT2D eigenvalue weighted by Gasteiger charge is 2.22. The van der Waals surface area contributed by atoms with Crippen molar-refractivity contribution in [2.45, 2.75) is 13.3 Å². The lowest BCUT2D eigenvalue weighted by Crippen LogP contribution is -2.06. The molecule has 0 bridgehead atoms. The van der Waals surface area contributed by atoms with Crippen molar-refractivity contribution in [2.24, 2.45) is 0 Å². The van der Waals surface area contributed by atoms with E-state index in [1.165, 1.54) is 0 Å². The lowest BCUT2D eigenvalue weighted by atomic mass is 9.98. The summed E-state index contributed by atoms with van der Waals surface area (Å²) in [6, 6.07) is 3.90. The molecule has 0 saturated heterocycles. The first kappa shape index (κ1) is 11.7. The van der Waals surface area contributed by atoms with Crippen LogP contribution in [0.2, 0.25) is 0 Å². The molecule has 0 amide bonds. The van der Waals surface area contributed by atoms with Gasteiger partial charge in [0, 0.05) is 11.6 Å². The summed E-state index contributed by atoms with van der Waals surface area (Å²) in [7, 11) is 0. The average Bonchev–Trinajstić information content (AvgIpc) is 2.26. The molecule has 1 aromatic rings. The van der Waals surface area contributed by atoms with E-state index in [-0.39, 0.29) is 28.8 Å². The van der Waals surface area contributed by atoms with Gasteiger partial charge >= 0.3 is 5.97 Å². The fourth-order valence-corrected chi connectivity index (χ4v) is 1.47. The summed E-state index contributed by atoms with van der Waals surface area (Å²) in [5.74, 6) is -1.26. The quantitative estimate of drug-likeness (QED) is 0.616. The summed E-state index contributed by atoms with van der Waals surface area (Å²) in [5, 5.41) is 28.4. The van der Waals surface area contributed by atoms with E-state index in [9.17, 15) is 14.9 Å². The van der Waals surface area contributed by atoms with Gasteiger partial charge in [0.1, 0.15) is 6.07 Å². The number of carboxylic acids is 1. The number of benzene rings is 1. The summed E-state index contributed by atoms with van der Waals surface area (Å²) in [5.41, 5.74) is -0.398. The summed E-state index contributed by atoms with van der Waals surface area (Å²) in [6.07, 6.45) is 0.236. The van der Waals surface area contributed by atoms with Crippen molar-refractivity contribution >= 4 is 11.7 Å². The Morgan fingerprint density at radius 1 is 1.62 bits per heavy atom. The van der Waals surface area contributed by atoms with Crippen LogP contribution in [0.3, 0.4) is 0 Å². The Balaban J connectivity index is 3.60. The molecule has 82 valence electrons. The van der Waals surface area contributed by atoms with E-state index in [0.29, 0.717) is 0 Å². The Labute approximate surface area is 90.9 Å². The van der Waals surface area contributed by atoms with Crippen LogP contribution in [0.25, 0.3) is 0 Å². The molecule has 0 aliphatic rings. The van der Waals surface area contributed by atoms with E-state index >= 15 is 0 Å². The number of rotatable bonds is 3. The minimum atomic E-state index is -1.26. The van der Waals surface area contributed by atoms with Gasteiger partial charge in [-0.2, -0.15) is 5.26 Å². The van der Waals surface area contributed by atoms with Crippen LogP contribution in [0.5, 0.6) is 0 Å². The van der Waals surface area contributed by atoms with Crippen molar-refractivity contribution in [2.75, 3.05) is 0 Å². The van der Waals surface area contributed by atoms with Gasteiger partial charge in [0.2, 0.25) is 0 Å². The molecule has 0 aromatic heterocycles. The van der Waals surface area contributed by atoms with Gasteiger partial charge in [-0.3, -0.25) is 10.1 Å². The van der Waals surface area contributed by atoms with Crippen molar-refractivity contribution < 1.29 is 14.8 Å². The minimum Gasteiger partial charge on any atom is -0.478 e. The molecule has 16 heavy (non-hydrogen) atoms. The van der Waals surface area contributed by atoms with Crippen LogP contribution in [-0.4, -0.2) is 16.0 Å². The zero-order valence-corrected chi connectivity index (χ0v) is 8.43. The molecular formula is C10H8N2O4. The average molecular weight is 220 g/mol. The summed E-state index contributed by atoms with van der Waals surface area (Å²) in [6.45, 7) is 1.63. The molecule has 0 radical (unpaired) electrons. The first-order valence-electron chi connectivity index (χ1n) is 4.46. The third-order valence-corrected chi connectivity index (χ3v) is 2.18. The molecule has 1 rings (SSSR count). The van der Waals surface area contributed by atoms with Crippen LogP contribution in [0, 0.1) is 21.4 Å².